The largest absolute Gasteiger partial charge is 0.463 e. The van der Waals surface area contributed by atoms with Crippen molar-refractivity contribution in [3.8, 4) is 0 Å². The minimum atomic E-state index is -2.17. The normalized spacial score (nSPS) is 26.1. The Morgan fingerprint density at radius 1 is 0.471 bits per heavy atom. The van der Waals surface area contributed by atoms with Crippen LogP contribution < -0.4 is 0 Å². The molecule has 2 saturated heterocycles. The predicted octanol–water partition coefficient (Wildman–Crippen LogP) is 3.62. The predicted molar refractivity (Wildman–Crippen MR) is 222 cm³/mol. The number of ether oxygens (including phenoxy) is 10. The maximum Gasteiger partial charge on any atom is 0.303 e. The minimum absolute atomic E-state index is 0.297. The number of carbonyl (C=O) groups excluding carboxylic acids is 9. The van der Waals surface area contributed by atoms with Crippen LogP contribution >= 0.6 is 0 Å². The number of nitrogens with zero attached hydrogens (tertiary/aromatic N) is 2. The molecule has 0 radical (unpaired) electrons. The van der Waals surface area contributed by atoms with Crippen molar-refractivity contribution < 1.29 is 110 Å². The van der Waals surface area contributed by atoms with Gasteiger partial charge < -0.3 is 47.4 Å². The van der Waals surface area contributed by atoms with Gasteiger partial charge in [-0.2, -0.15) is 8.78 Å². The molecule has 23 heteroatoms. The van der Waals surface area contributed by atoms with E-state index in [9.17, 15) is 38.4 Å². The van der Waals surface area contributed by atoms with Crippen molar-refractivity contribution in [2.24, 2.45) is 0 Å². The highest BCUT2D eigenvalue weighted by atomic mass is 19.1. The van der Waals surface area contributed by atoms with Crippen LogP contribution in [0.4, 0.5) is 8.78 Å². The molecule has 364 valence electrons. The molecular weight excluding hydrogens is 910 g/mol. The summed E-state index contributed by atoms with van der Waals surface area (Å²) >= 11 is 0. The second-order valence-corrected chi connectivity index (χ2v) is 14.7. The molecule has 2 aromatic carbocycles. The summed E-state index contributed by atoms with van der Waals surface area (Å²) in [6.07, 6.45) is -20.5. The Balaban J connectivity index is 1.59. The van der Waals surface area contributed by atoms with Crippen LogP contribution in [-0.2, 0) is 85.7 Å². The Labute approximate surface area is 395 Å². The van der Waals surface area contributed by atoms with E-state index < -0.39 is 206 Å². The highest BCUT2D eigenvalue weighted by Crippen LogP contribution is 2.43. The molecule has 2 aliphatic rings. The summed E-state index contributed by atoms with van der Waals surface area (Å²) in [5.74, 6) is -15.0. The van der Waals surface area contributed by atoms with Crippen molar-refractivity contribution in [2.75, 3.05) is 13.2 Å². The van der Waals surface area contributed by atoms with Crippen molar-refractivity contribution in [1.82, 2.24) is 9.13 Å². The first-order valence-corrected chi connectivity index (χ1v) is 19.7. The molecule has 4 heterocycles. The van der Waals surface area contributed by atoms with Crippen LogP contribution in [0.2, 0.25) is 0 Å². The molecule has 4 aromatic rings. The van der Waals surface area contributed by atoms with Crippen molar-refractivity contribution in [1.29, 1.82) is 0 Å². The third-order valence-corrected chi connectivity index (χ3v) is 10.3. The van der Waals surface area contributed by atoms with Gasteiger partial charge in [0.2, 0.25) is 17.7 Å². The zero-order valence-corrected chi connectivity index (χ0v) is 35.4. The van der Waals surface area contributed by atoms with Crippen molar-refractivity contribution in [3.05, 3.63) is 71.6 Å². The molecule has 2 fully saturated rings. The highest BCUT2D eigenvalue weighted by molar-refractivity contribution is 6.22. The Morgan fingerprint density at radius 2 is 0.779 bits per heavy atom. The smallest absolute Gasteiger partial charge is 0.303 e. The number of carbonyl (C=O) groups is 9. The molecular formula is C45H46F2N2O19. The van der Waals surface area contributed by atoms with Gasteiger partial charge in [0.05, 0.1) is 22.2 Å². The molecule has 0 saturated carbocycles. The lowest BCUT2D eigenvalue weighted by atomic mass is 9.97. The Bertz CT molecular complexity index is 2670. The third-order valence-electron chi connectivity index (χ3n) is 10.3. The number of para-hydroxylation sites is 2. The van der Waals surface area contributed by atoms with E-state index in [1.165, 1.54) is 48.5 Å². The number of fused-ring (bicyclic) bond motifs is 2. The van der Waals surface area contributed by atoms with Gasteiger partial charge in [0.15, 0.2) is 49.1 Å². The topological polar surface area (TPSA) is 256 Å². The number of aromatic nitrogens is 2. The van der Waals surface area contributed by atoms with E-state index in [0.29, 0.717) is 9.13 Å². The third kappa shape index (κ3) is 10.5. The van der Waals surface area contributed by atoms with Gasteiger partial charge in [-0.1, -0.05) is 36.4 Å². The number of halogens is 2. The molecule has 0 aliphatic carbocycles. The second kappa shape index (κ2) is 20.7. The summed E-state index contributed by atoms with van der Waals surface area (Å²) in [5.41, 5.74) is -2.49. The molecule has 21 nitrogen and oxygen atoms in total. The zero-order valence-electron chi connectivity index (χ0n) is 43.4. The van der Waals surface area contributed by atoms with Gasteiger partial charge in [-0.25, -0.2) is 0 Å². The first-order chi connectivity index (χ1) is 36.4. The summed E-state index contributed by atoms with van der Waals surface area (Å²) in [6.45, 7) is -10.3. The molecule has 0 amide bonds. The van der Waals surface area contributed by atoms with E-state index in [4.69, 9.17) is 58.3 Å². The van der Waals surface area contributed by atoms with Crippen LogP contribution in [0.5, 0.6) is 0 Å². The molecule has 0 N–H and O–H groups in total. The number of hydrogen-bond donors (Lipinski definition) is 0. The SMILES string of the molecule is [2H]CC(=O)OC[C@H]1OC(n2c(F)c(C(=O)c3c(F)n(C4O[C@H](COC(=O)C[2H])[C@@H](OC(=O)C[2H])[C@H](OC(=O)C[2H])[C@H]4OC(=O)C[2H])c4ccccc34)c3ccccc32)[C@H](OC(=O)C[2H])[C@@H](OC(=O)C[2H])[C@@H]1OC(=O)C[2H]. The summed E-state index contributed by atoms with van der Waals surface area (Å²) < 4.78 is 153. The number of esters is 8. The molecule has 6 rings (SSSR count). The fourth-order valence-corrected chi connectivity index (χ4v) is 8.06. The molecule has 2 aromatic heterocycles. The van der Waals surface area contributed by atoms with Gasteiger partial charge in [0, 0.05) is 76.9 Å². The quantitative estimate of drug-likeness (QED) is 0.0993. The average molecular weight is 965 g/mol. The first kappa shape index (κ1) is 39.9. The Kier molecular flexibility index (Phi) is 12.1. The van der Waals surface area contributed by atoms with E-state index in [1.54, 1.807) is 0 Å². The molecule has 68 heavy (non-hydrogen) atoms. The van der Waals surface area contributed by atoms with Crippen LogP contribution in [0.1, 0.15) is 94.5 Å². The van der Waals surface area contributed by atoms with Crippen molar-refractivity contribution in [3.63, 3.8) is 0 Å². The van der Waals surface area contributed by atoms with E-state index in [1.807, 2.05) is 0 Å². The number of rotatable bonds is 14. The number of ketones is 1. The molecule has 2 aliphatic heterocycles. The second-order valence-electron chi connectivity index (χ2n) is 14.7. The fourth-order valence-electron chi connectivity index (χ4n) is 8.06. The summed E-state index contributed by atoms with van der Waals surface area (Å²) in [5, 5.41) is -0.632. The highest BCUT2D eigenvalue weighted by Gasteiger charge is 2.56. The van der Waals surface area contributed by atoms with Gasteiger partial charge in [-0.05, 0) is 12.1 Å². The summed E-state index contributed by atoms with van der Waals surface area (Å²) in [4.78, 5) is 117. The molecule has 10 atom stereocenters. The van der Waals surface area contributed by atoms with Crippen molar-refractivity contribution >= 4 is 75.3 Å². The van der Waals surface area contributed by atoms with Crippen LogP contribution in [0.25, 0.3) is 21.8 Å². The van der Waals surface area contributed by atoms with Gasteiger partial charge in [0.25, 0.3) is 0 Å². The fraction of sp³-hybridized carbons (Fsp3) is 0.444. The monoisotopic (exact) mass is 964 g/mol. The maximum absolute atomic E-state index is 18.0. The van der Waals surface area contributed by atoms with E-state index in [-0.39, 0.29) is 21.8 Å². The van der Waals surface area contributed by atoms with E-state index >= 15 is 13.6 Å². The number of benzene rings is 2. The lowest BCUT2D eigenvalue weighted by Gasteiger charge is -2.45. The van der Waals surface area contributed by atoms with E-state index in [2.05, 4.69) is 0 Å². The van der Waals surface area contributed by atoms with Crippen LogP contribution in [0, 0.1) is 11.9 Å². The Hall–Kier alpha value is -7.27. The lowest BCUT2D eigenvalue weighted by Crippen LogP contribution is -2.60. The van der Waals surface area contributed by atoms with Crippen molar-refractivity contribution in [2.45, 2.75) is 116 Å². The first-order valence-electron chi connectivity index (χ1n) is 25.3. The molecule has 0 spiro atoms. The van der Waals surface area contributed by atoms with Crippen LogP contribution in [0.3, 0.4) is 0 Å². The van der Waals surface area contributed by atoms with Gasteiger partial charge in [0.1, 0.15) is 25.4 Å². The lowest BCUT2D eigenvalue weighted by molar-refractivity contribution is -0.269. The van der Waals surface area contributed by atoms with Crippen LogP contribution in [0.15, 0.2) is 48.5 Å². The minimum Gasteiger partial charge on any atom is -0.463 e. The summed E-state index contributed by atoms with van der Waals surface area (Å²) in [6, 6.07) is 10.2. The van der Waals surface area contributed by atoms with E-state index in [0.717, 1.165) is 0 Å². The maximum atomic E-state index is 18.0. The molecule has 0 bridgehead atoms. The van der Waals surface area contributed by atoms with Crippen LogP contribution in [-0.4, -0.2) is 125 Å². The van der Waals surface area contributed by atoms with Gasteiger partial charge >= 0.3 is 47.8 Å². The number of hydrogen-bond acceptors (Lipinski definition) is 19. The molecule has 2 unspecified atom stereocenters. The average Bonchev–Trinajstić information content (AvgIpc) is 3.89. The van der Waals surface area contributed by atoms with Gasteiger partial charge in [-0.3, -0.25) is 52.3 Å². The Morgan fingerprint density at radius 3 is 1.12 bits per heavy atom. The summed E-state index contributed by atoms with van der Waals surface area (Å²) in [7, 11) is 0. The van der Waals surface area contributed by atoms with Gasteiger partial charge in [-0.15, -0.1) is 0 Å². The standard InChI is InChI=1S/C45H46F2N2O19/c1-19(50)59-17-31-36(61-21(3)52)38(63-23(5)54)40(65-25(7)56)44(67-31)48-29-15-11-9-13-27(29)33(42(48)46)35(58)34-28-14-10-12-16-30(28)49(43(34)47)45-41(66-26(8)57)39(64-24(6)55)37(62-22(4)53)32(68-45)18-60-20(2)51/h9-16,31-32,36-41,44-45H,17-18H2,1-8H3/t31-,32-,36-,37-,38+,39+,40-,41-,44?,45?/m1/s1/i1D,2D,3D,4D,5D,6D,7D,8D. The zero-order chi connectivity index (χ0) is 55.5.